The van der Waals surface area contributed by atoms with Gasteiger partial charge in [0, 0.05) is 29.8 Å². The molecule has 2 rings (SSSR count). The quantitative estimate of drug-likeness (QED) is 0.775. The fourth-order valence-corrected chi connectivity index (χ4v) is 2.21. The summed E-state index contributed by atoms with van der Waals surface area (Å²) in [4.78, 5) is 1.97. The maximum atomic E-state index is 5.82. The van der Waals surface area contributed by atoms with Crippen LogP contribution in [0, 0.1) is 0 Å². The van der Waals surface area contributed by atoms with Crippen molar-refractivity contribution < 1.29 is 9.47 Å². The molecular formula is C14H18ClN5O2. The van der Waals surface area contributed by atoms with Crippen molar-refractivity contribution in [1.29, 1.82) is 0 Å². The zero-order valence-electron chi connectivity index (χ0n) is 12.8. The fraction of sp³-hybridized carbons (Fsp3) is 0.357. The molecule has 1 aromatic heterocycles. The molecule has 8 heteroatoms. The molecule has 0 aliphatic heterocycles. The molecule has 22 heavy (non-hydrogen) atoms. The number of likely N-dealkylation sites (N-methyl/N-ethyl adjacent to an activating group) is 1. The molecule has 0 saturated heterocycles. The van der Waals surface area contributed by atoms with Gasteiger partial charge in [0.25, 0.3) is 0 Å². The Bertz CT molecular complexity index is 636. The second-order valence-electron chi connectivity index (χ2n) is 4.77. The summed E-state index contributed by atoms with van der Waals surface area (Å²) in [6.07, 6.45) is 0. The van der Waals surface area contributed by atoms with Crippen LogP contribution < -0.4 is 9.47 Å². The van der Waals surface area contributed by atoms with Crippen LogP contribution in [0.15, 0.2) is 29.8 Å². The minimum atomic E-state index is 0.526. The zero-order chi connectivity index (χ0) is 16.1. The lowest BCUT2D eigenvalue weighted by atomic mass is 10.2. The van der Waals surface area contributed by atoms with Gasteiger partial charge >= 0.3 is 0 Å². The summed E-state index contributed by atoms with van der Waals surface area (Å²) in [5.41, 5.74) is 0.759. The van der Waals surface area contributed by atoms with E-state index < -0.39 is 0 Å². The average molecular weight is 324 g/mol. The van der Waals surface area contributed by atoms with E-state index in [1.807, 2.05) is 24.1 Å². The van der Waals surface area contributed by atoms with Crippen molar-refractivity contribution >= 4 is 11.6 Å². The summed E-state index contributed by atoms with van der Waals surface area (Å²) in [6.45, 7) is 4.76. The van der Waals surface area contributed by atoms with Crippen LogP contribution in [0.1, 0.15) is 5.82 Å². The predicted molar refractivity (Wildman–Crippen MR) is 83.6 cm³/mol. The van der Waals surface area contributed by atoms with E-state index in [0.29, 0.717) is 35.4 Å². The van der Waals surface area contributed by atoms with Gasteiger partial charge in [0.05, 0.1) is 26.5 Å². The lowest BCUT2D eigenvalue weighted by Crippen LogP contribution is -2.21. The highest BCUT2D eigenvalue weighted by molar-refractivity contribution is 6.29. The van der Waals surface area contributed by atoms with Gasteiger partial charge in [-0.2, -0.15) is 4.68 Å². The van der Waals surface area contributed by atoms with E-state index in [9.17, 15) is 0 Å². The van der Waals surface area contributed by atoms with E-state index in [1.54, 1.807) is 25.0 Å². The van der Waals surface area contributed by atoms with Gasteiger partial charge in [-0.1, -0.05) is 18.2 Å². The van der Waals surface area contributed by atoms with Crippen LogP contribution >= 0.6 is 11.6 Å². The van der Waals surface area contributed by atoms with Gasteiger partial charge in [-0.15, -0.1) is 5.10 Å². The summed E-state index contributed by atoms with van der Waals surface area (Å²) in [7, 11) is 5.11. The Labute approximate surface area is 134 Å². The minimum absolute atomic E-state index is 0.526. The molecule has 0 unspecified atom stereocenters. The largest absolute Gasteiger partial charge is 0.497 e. The van der Waals surface area contributed by atoms with E-state index >= 15 is 0 Å². The van der Waals surface area contributed by atoms with Crippen molar-refractivity contribution in [2.75, 3.05) is 27.8 Å². The molecule has 0 N–H and O–H groups in total. The Hall–Kier alpha value is -2.12. The first-order chi connectivity index (χ1) is 10.5. The molecule has 1 aromatic carbocycles. The standard InChI is InChI=1S/C14H18ClN5O2/c1-10(15)8-19(2)9-14-16-17-18-20(14)11-5-12(21-3)7-13(6-11)22-4/h5-7H,1,8-9H2,2-4H3. The molecule has 1 heterocycles. The van der Waals surface area contributed by atoms with Gasteiger partial charge < -0.3 is 9.47 Å². The number of aromatic nitrogens is 4. The van der Waals surface area contributed by atoms with Gasteiger partial charge in [-0.3, -0.25) is 4.90 Å². The number of benzene rings is 1. The first kappa shape index (κ1) is 16.3. The summed E-state index contributed by atoms with van der Waals surface area (Å²) < 4.78 is 12.2. The van der Waals surface area contributed by atoms with Crippen molar-refractivity contribution in [2.45, 2.75) is 6.54 Å². The second kappa shape index (κ2) is 7.24. The number of methoxy groups -OCH3 is 2. The molecule has 0 aliphatic carbocycles. The molecule has 2 aromatic rings. The SMILES string of the molecule is C=C(Cl)CN(C)Cc1nnnn1-c1cc(OC)cc(OC)c1. The molecule has 0 fully saturated rings. The van der Waals surface area contributed by atoms with Crippen LogP contribution in [-0.2, 0) is 6.54 Å². The molecule has 118 valence electrons. The Morgan fingerprint density at radius 1 is 1.27 bits per heavy atom. The van der Waals surface area contributed by atoms with E-state index in [4.69, 9.17) is 21.1 Å². The predicted octanol–water partition coefficient (Wildman–Crippen LogP) is 1.86. The average Bonchev–Trinajstić information content (AvgIpc) is 2.93. The maximum Gasteiger partial charge on any atom is 0.170 e. The third-order valence-corrected chi connectivity index (χ3v) is 3.09. The van der Waals surface area contributed by atoms with Crippen LogP contribution in [0.25, 0.3) is 5.69 Å². The first-order valence-corrected chi connectivity index (χ1v) is 6.93. The number of ether oxygens (including phenoxy) is 2. The lowest BCUT2D eigenvalue weighted by molar-refractivity contribution is 0.346. The molecule has 0 saturated carbocycles. The minimum Gasteiger partial charge on any atom is -0.497 e. The normalized spacial score (nSPS) is 10.8. The lowest BCUT2D eigenvalue weighted by Gasteiger charge is -2.15. The third kappa shape index (κ3) is 3.96. The number of tetrazole rings is 1. The molecule has 0 atom stereocenters. The van der Waals surface area contributed by atoms with Crippen molar-refractivity contribution in [1.82, 2.24) is 25.1 Å². The molecule has 7 nitrogen and oxygen atoms in total. The molecular weight excluding hydrogens is 306 g/mol. The summed E-state index contributed by atoms with van der Waals surface area (Å²) >= 11 is 5.82. The Balaban J connectivity index is 2.30. The number of rotatable bonds is 7. The van der Waals surface area contributed by atoms with E-state index in [0.717, 1.165) is 5.69 Å². The highest BCUT2D eigenvalue weighted by Crippen LogP contribution is 2.25. The zero-order valence-corrected chi connectivity index (χ0v) is 13.5. The topological polar surface area (TPSA) is 65.3 Å². The highest BCUT2D eigenvalue weighted by Gasteiger charge is 2.13. The van der Waals surface area contributed by atoms with Gasteiger partial charge in [0.1, 0.15) is 11.5 Å². The molecule has 0 amide bonds. The number of halogens is 1. The number of nitrogens with zero attached hydrogens (tertiary/aromatic N) is 5. The van der Waals surface area contributed by atoms with Crippen LogP contribution in [-0.4, -0.2) is 52.9 Å². The van der Waals surface area contributed by atoms with Crippen LogP contribution in [0.4, 0.5) is 0 Å². The van der Waals surface area contributed by atoms with Gasteiger partial charge in [-0.05, 0) is 17.5 Å². The summed E-state index contributed by atoms with van der Waals surface area (Å²) in [6, 6.07) is 5.46. The highest BCUT2D eigenvalue weighted by atomic mass is 35.5. The number of hydrogen-bond donors (Lipinski definition) is 0. The van der Waals surface area contributed by atoms with Crippen molar-refractivity contribution in [3.8, 4) is 17.2 Å². The Kier molecular flexibility index (Phi) is 5.35. The monoisotopic (exact) mass is 323 g/mol. The molecule has 0 radical (unpaired) electrons. The Morgan fingerprint density at radius 2 is 1.91 bits per heavy atom. The molecule has 0 spiro atoms. The van der Waals surface area contributed by atoms with E-state index in [2.05, 4.69) is 22.1 Å². The summed E-state index contributed by atoms with van der Waals surface area (Å²) in [5.74, 6) is 2.01. The van der Waals surface area contributed by atoms with E-state index in [-0.39, 0.29) is 0 Å². The second-order valence-corrected chi connectivity index (χ2v) is 5.30. The first-order valence-electron chi connectivity index (χ1n) is 6.56. The van der Waals surface area contributed by atoms with E-state index in [1.165, 1.54) is 0 Å². The van der Waals surface area contributed by atoms with Crippen molar-refractivity contribution in [2.24, 2.45) is 0 Å². The smallest absolute Gasteiger partial charge is 0.170 e. The van der Waals surface area contributed by atoms with Crippen molar-refractivity contribution in [3.63, 3.8) is 0 Å². The fourth-order valence-electron chi connectivity index (χ4n) is 2.01. The van der Waals surface area contributed by atoms with Gasteiger partial charge in [0.2, 0.25) is 0 Å². The maximum absolute atomic E-state index is 5.82. The van der Waals surface area contributed by atoms with Crippen LogP contribution in [0.5, 0.6) is 11.5 Å². The summed E-state index contributed by atoms with van der Waals surface area (Å²) in [5, 5.41) is 12.4. The van der Waals surface area contributed by atoms with Crippen LogP contribution in [0.3, 0.4) is 0 Å². The Morgan fingerprint density at radius 3 is 2.45 bits per heavy atom. The molecule has 0 aliphatic rings. The van der Waals surface area contributed by atoms with Crippen molar-refractivity contribution in [3.05, 3.63) is 35.6 Å². The molecule has 0 bridgehead atoms. The number of hydrogen-bond acceptors (Lipinski definition) is 6. The van der Waals surface area contributed by atoms with Gasteiger partial charge in [-0.25, -0.2) is 0 Å². The third-order valence-electron chi connectivity index (χ3n) is 2.97. The van der Waals surface area contributed by atoms with Gasteiger partial charge in [0.15, 0.2) is 5.82 Å². The van der Waals surface area contributed by atoms with Crippen LogP contribution in [0.2, 0.25) is 0 Å².